The molecule has 1 N–H and O–H groups in total. The molecule has 1 aliphatic rings. The molecule has 0 radical (unpaired) electrons. The Morgan fingerprint density at radius 2 is 2.00 bits per heavy atom. The maximum atomic E-state index is 3.86. The number of nitrogens with one attached hydrogen (secondary N) is 1. The van der Waals surface area contributed by atoms with Gasteiger partial charge in [0.05, 0.1) is 0 Å². The first-order chi connectivity index (χ1) is 7.67. The molecule has 96 valence electrons. The quantitative estimate of drug-likeness (QED) is 0.749. The van der Waals surface area contributed by atoms with Crippen LogP contribution in [-0.2, 0) is 0 Å². The molecule has 3 unspecified atom stereocenters. The van der Waals surface area contributed by atoms with Gasteiger partial charge in [0.2, 0.25) is 0 Å². The van der Waals surface area contributed by atoms with Crippen molar-refractivity contribution in [2.45, 2.75) is 76.9 Å². The van der Waals surface area contributed by atoms with Crippen molar-refractivity contribution in [2.75, 3.05) is 14.1 Å². The molecule has 0 aromatic heterocycles. The summed E-state index contributed by atoms with van der Waals surface area (Å²) < 4.78 is 0. The molecule has 0 aromatic carbocycles. The zero-order valence-corrected chi connectivity index (χ0v) is 11.6. The molecule has 0 bridgehead atoms. The summed E-state index contributed by atoms with van der Waals surface area (Å²) in [6, 6.07) is 2.30. The molecule has 0 spiro atoms. The Bertz CT molecular complexity index is 180. The minimum Gasteiger partial charge on any atom is -0.311 e. The van der Waals surface area contributed by atoms with E-state index < -0.39 is 0 Å². The number of nitrogens with zero attached hydrogens (tertiary/aromatic N) is 1. The van der Waals surface area contributed by atoms with Crippen LogP contribution in [0.5, 0.6) is 0 Å². The van der Waals surface area contributed by atoms with Gasteiger partial charge in [0.25, 0.3) is 0 Å². The van der Waals surface area contributed by atoms with Crippen LogP contribution in [0.4, 0.5) is 0 Å². The Hall–Kier alpha value is -0.0800. The first-order valence-electron chi connectivity index (χ1n) is 7.09. The molecule has 1 saturated carbocycles. The molecule has 1 fully saturated rings. The van der Waals surface area contributed by atoms with E-state index in [2.05, 4.69) is 38.2 Å². The van der Waals surface area contributed by atoms with Gasteiger partial charge in [-0.05, 0) is 46.2 Å². The molecule has 16 heavy (non-hydrogen) atoms. The summed E-state index contributed by atoms with van der Waals surface area (Å²) >= 11 is 0. The summed E-state index contributed by atoms with van der Waals surface area (Å²) in [6.45, 7) is 4.59. The summed E-state index contributed by atoms with van der Waals surface area (Å²) in [5.74, 6) is 0. The summed E-state index contributed by atoms with van der Waals surface area (Å²) in [4.78, 5) is 2.40. The van der Waals surface area contributed by atoms with Gasteiger partial charge in [-0.2, -0.15) is 0 Å². The van der Waals surface area contributed by atoms with E-state index in [1.807, 2.05) is 0 Å². The number of hydrogen-bond donors (Lipinski definition) is 1. The largest absolute Gasteiger partial charge is 0.311 e. The predicted molar refractivity (Wildman–Crippen MR) is 71.9 cm³/mol. The summed E-state index contributed by atoms with van der Waals surface area (Å²) in [6.07, 6.45) is 9.41. The SMILES string of the molecule is CCCC(CC)NC1CCCC(N(C)C)C1. The van der Waals surface area contributed by atoms with Crippen LogP contribution in [0.25, 0.3) is 0 Å². The highest BCUT2D eigenvalue weighted by Gasteiger charge is 2.24. The van der Waals surface area contributed by atoms with E-state index >= 15 is 0 Å². The standard InChI is InChI=1S/C14H30N2/c1-5-8-12(6-2)15-13-9-7-10-14(11-13)16(3)4/h12-15H,5-11H2,1-4H3. The minimum absolute atomic E-state index is 0.746. The van der Waals surface area contributed by atoms with Crippen LogP contribution in [0.2, 0.25) is 0 Å². The van der Waals surface area contributed by atoms with Gasteiger partial charge >= 0.3 is 0 Å². The van der Waals surface area contributed by atoms with Gasteiger partial charge in [-0.1, -0.05) is 26.7 Å². The molecule has 0 amide bonds. The van der Waals surface area contributed by atoms with Crippen molar-refractivity contribution in [3.63, 3.8) is 0 Å². The van der Waals surface area contributed by atoms with Crippen LogP contribution in [0.3, 0.4) is 0 Å². The minimum atomic E-state index is 0.746. The molecular weight excluding hydrogens is 196 g/mol. The van der Waals surface area contributed by atoms with E-state index in [1.54, 1.807) is 0 Å². The molecule has 0 aromatic rings. The first kappa shape index (κ1) is 14.0. The van der Waals surface area contributed by atoms with Crippen molar-refractivity contribution in [1.82, 2.24) is 10.2 Å². The summed E-state index contributed by atoms with van der Waals surface area (Å²) in [5.41, 5.74) is 0. The van der Waals surface area contributed by atoms with Gasteiger partial charge in [0, 0.05) is 18.1 Å². The smallest absolute Gasteiger partial charge is 0.0104 e. The molecule has 3 atom stereocenters. The Morgan fingerprint density at radius 3 is 2.56 bits per heavy atom. The zero-order valence-electron chi connectivity index (χ0n) is 11.6. The topological polar surface area (TPSA) is 15.3 Å². The highest BCUT2D eigenvalue weighted by molar-refractivity contribution is 4.84. The van der Waals surface area contributed by atoms with Crippen molar-refractivity contribution in [3.8, 4) is 0 Å². The van der Waals surface area contributed by atoms with E-state index in [0.29, 0.717) is 0 Å². The van der Waals surface area contributed by atoms with Crippen LogP contribution in [-0.4, -0.2) is 37.1 Å². The molecule has 2 heteroatoms. The lowest BCUT2D eigenvalue weighted by Gasteiger charge is -2.35. The van der Waals surface area contributed by atoms with E-state index in [1.165, 1.54) is 44.9 Å². The molecular formula is C14H30N2. The van der Waals surface area contributed by atoms with Crippen molar-refractivity contribution in [1.29, 1.82) is 0 Å². The normalized spacial score (nSPS) is 28.3. The van der Waals surface area contributed by atoms with Crippen LogP contribution < -0.4 is 5.32 Å². The van der Waals surface area contributed by atoms with E-state index in [4.69, 9.17) is 0 Å². The van der Waals surface area contributed by atoms with E-state index in [9.17, 15) is 0 Å². The second-order valence-electron chi connectivity index (χ2n) is 5.54. The Morgan fingerprint density at radius 1 is 1.25 bits per heavy atom. The highest BCUT2D eigenvalue weighted by atomic mass is 15.1. The lowest BCUT2D eigenvalue weighted by Crippen LogP contribution is -2.45. The van der Waals surface area contributed by atoms with Crippen molar-refractivity contribution in [3.05, 3.63) is 0 Å². The fourth-order valence-corrected chi connectivity index (χ4v) is 2.87. The summed E-state index contributed by atoms with van der Waals surface area (Å²) in [5, 5.41) is 3.86. The fraction of sp³-hybridized carbons (Fsp3) is 1.00. The lowest BCUT2D eigenvalue weighted by molar-refractivity contribution is 0.189. The molecule has 0 aliphatic heterocycles. The van der Waals surface area contributed by atoms with Crippen molar-refractivity contribution < 1.29 is 0 Å². The fourth-order valence-electron chi connectivity index (χ4n) is 2.87. The van der Waals surface area contributed by atoms with Gasteiger partial charge < -0.3 is 10.2 Å². The summed E-state index contributed by atoms with van der Waals surface area (Å²) in [7, 11) is 4.44. The average Bonchev–Trinajstić information content (AvgIpc) is 2.29. The van der Waals surface area contributed by atoms with E-state index in [0.717, 1.165) is 18.1 Å². The Balaban J connectivity index is 2.35. The molecule has 0 saturated heterocycles. The molecule has 0 heterocycles. The molecule has 1 rings (SSSR count). The van der Waals surface area contributed by atoms with Gasteiger partial charge in [-0.25, -0.2) is 0 Å². The lowest BCUT2D eigenvalue weighted by atomic mass is 9.89. The van der Waals surface area contributed by atoms with Gasteiger partial charge in [0.15, 0.2) is 0 Å². The third-order valence-corrected chi connectivity index (χ3v) is 3.98. The van der Waals surface area contributed by atoms with Crippen LogP contribution in [0.1, 0.15) is 58.8 Å². The Kier molecular flexibility index (Phi) is 6.37. The molecule has 1 aliphatic carbocycles. The van der Waals surface area contributed by atoms with Crippen molar-refractivity contribution >= 4 is 0 Å². The third kappa shape index (κ3) is 4.42. The van der Waals surface area contributed by atoms with Crippen molar-refractivity contribution in [2.24, 2.45) is 0 Å². The van der Waals surface area contributed by atoms with Gasteiger partial charge in [0.1, 0.15) is 0 Å². The van der Waals surface area contributed by atoms with Crippen LogP contribution in [0.15, 0.2) is 0 Å². The molecule has 2 nitrogen and oxygen atoms in total. The first-order valence-corrected chi connectivity index (χ1v) is 7.09. The second-order valence-corrected chi connectivity index (χ2v) is 5.54. The number of rotatable bonds is 6. The van der Waals surface area contributed by atoms with Crippen LogP contribution >= 0.6 is 0 Å². The zero-order chi connectivity index (χ0) is 12.0. The average molecular weight is 226 g/mol. The highest BCUT2D eigenvalue weighted by Crippen LogP contribution is 2.22. The predicted octanol–water partition coefficient (Wildman–Crippen LogP) is 3.03. The van der Waals surface area contributed by atoms with Gasteiger partial charge in [-0.3, -0.25) is 0 Å². The maximum absolute atomic E-state index is 3.86. The monoisotopic (exact) mass is 226 g/mol. The third-order valence-electron chi connectivity index (χ3n) is 3.98. The number of hydrogen-bond acceptors (Lipinski definition) is 2. The maximum Gasteiger partial charge on any atom is 0.0104 e. The van der Waals surface area contributed by atoms with Gasteiger partial charge in [-0.15, -0.1) is 0 Å². The van der Waals surface area contributed by atoms with E-state index in [-0.39, 0.29) is 0 Å². The Labute approximate surface area is 102 Å². The van der Waals surface area contributed by atoms with Crippen LogP contribution in [0, 0.1) is 0 Å². The second kappa shape index (κ2) is 7.29.